The Kier molecular flexibility index (Phi) is 8.80. The van der Waals surface area contributed by atoms with Crippen LogP contribution in [0.2, 0.25) is 0 Å². The Bertz CT molecular complexity index is 1430. The van der Waals surface area contributed by atoms with Gasteiger partial charge in [0.05, 0.1) is 22.2 Å². The van der Waals surface area contributed by atoms with E-state index in [9.17, 15) is 12.8 Å². The molecule has 0 aliphatic carbocycles. The van der Waals surface area contributed by atoms with Crippen molar-refractivity contribution in [1.82, 2.24) is 9.88 Å². The summed E-state index contributed by atoms with van der Waals surface area (Å²) in [5.74, 6) is 0.279. The molecule has 0 saturated carbocycles. The van der Waals surface area contributed by atoms with Gasteiger partial charge in [-0.05, 0) is 67.0 Å². The van der Waals surface area contributed by atoms with Gasteiger partial charge >= 0.3 is 0 Å². The van der Waals surface area contributed by atoms with Gasteiger partial charge in [-0.1, -0.05) is 26.8 Å². The van der Waals surface area contributed by atoms with Crippen LogP contribution in [0.15, 0.2) is 47.5 Å². The van der Waals surface area contributed by atoms with Crippen LogP contribution >= 0.6 is 11.3 Å². The summed E-state index contributed by atoms with van der Waals surface area (Å²) in [7, 11) is -3.95. The van der Waals surface area contributed by atoms with Gasteiger partial charge in [-0.25, -0.2) is 17.8 Å². The van der Waals surface area contributed by atoms with Crippen LogP contribution in [0.5, 0.6) is 5.75 Å². The minimum Gasteiger partial charge on any atom is -0.493 e. The van der Waals surface area contributed by atoms with E-state index in [2.05, 4.69) is 35.4 Å². The van der Waals surface area contributed by atoms with Gasteiger partial charge in [0.1, 0.15) is 5.75 Å². The van der Waals surface area contributed by atoms with Crippen LogP contribution in [0, 0.1) is 11.7 Å². The topological polar surface area (TPSA) is 80.8 Å². The number of benzene rings is 2. The van der Waals surface area contributed by atoms with Crippen molar-refractivity contribution >= 4 is 27.0 Å². The van der Waals surface area contributed by atoms with Crippen molar-refractivity contribution in [2.24, 2.45) is 5.92 Å². The Hall–Kier alpha value is -2.53. The Morgan fingerprint density at radius 3 is 2.67 bits per heavy atom. The van der Waals surface area contributed by atoms with Gasteiger partial charge in [0.2, 0.25) is 0 Å². The number of ether oxygens (including phenoxy) is 2. The first-order valence-corrected chi connectivity index (χ1v) is 16.2. The second kappa shape index (κ2) is 12.1. The number of nitrogens with zero attached hydrogens (tertiary/aromatic N) is 2. The molecule has 0 spiro atoms. The van der Waals surface area contributed by atoms with Crippen LogP contribution in [-0.4, -0.2) is 44.7 Å². The Labute approximate surface area is 240 Å². The number of hydrogen-bond donors (Lipinski definition) is 1. The standard InChI is InChI=1S/C30H38FN3O4S2/c1-30(2,3)29-32-18-25(39-29)20-34-12-8-22-16-26(6-4-23(22)19-34)40(35,36)33-28-7-5-24(17-27(28)31)38-15-11-21-9-13-37-14-10-21/h4-7,16-18,21,33H,8-15,19-20H2,1-3H3. The molecular formula is C30H38FN3O4S2. The van der Waals surface area contributed by atoms with Crippen molar-refractivity contribution in [2.45, 2.75) is 69.9 Å². The second-order valence-corrected chi connectivity index (χ2v) is 14.5. The van der Waals surface area contributed by atoms with Gasteiger partial charge in [0.25, 0.3) is 10.0 Å². The number of nitrogens with one attached hydrogen (secondary N) is 1. The first-order valence-electron chi connectivity index (χ1n) is 13.9. The van der Waals surface area contributed by atoms with Gasteiger partial charge in [0, 0.05) is 55.4 Å². The summed E-state index contributed by atoms with van der Waals surface area (Å²) in [6.45, 7) is 11.0. The van der Waals surface area contributed by atoms with Crippen molar-refractivity contribution in [3.8, 4) is 5.75 Å². The first kappa shape index (κ1) is 29.0. The lowest BCUT2D eigenvalue weighted by Gasteiger charge is -2.28. The van der Waals surface area contributed by atoms with E-state index in [0.717, 1.165) is 74.7 Å². The Morgan fingerprint density at radius 2 is 1.95 bits per heavy atom. The fourth-order valence-electron chi connectivity index (χ4n) is 5.09. The van der Waals surface area contributed by atoms with Crippen molar-refractivity contribution in [2.75, 3.05) is 31.1 Å². The molecule has 0 amide bonds. The third-order valence-electron chi connectivity index (χ3n) is 7.47. The Balaban J connectivity index is 1.18. The van der Waals surface area contributed by atoms with Crippen LogP contribution in [-0.2, 0) is 39.7 Å². The van der Waals surface area contributed by atoms with Gasteiger partial charge in [-0.15, -0.1) is 11.3 Å². The fourth-order valence-corrected chi connectivity index (χ4v) is 7.22. The summed E-state index contributed by atoms with van der Waals surface area (Å²) >= 11 is 1.75. The molecule has 2 aliphatic rings. The highest BCUT2D eigenvalue weighted by molar-refractivity contribution is 7.92. The van der Waals surface area contributed by atoms with Crippen LogP contribution in [0.4, 0.5) is 10.1 Å². The average molecular weight is 588 g/mol. The monoisotopic (exact) mass is 587 g/mol. The number of sulfonamides is 1. The summed E-state index contributed by atoms with van der Waals surface area (Å²) in [6.07, 6.45) is 5.64. The lowest BCUT2D eigenvalue weighted by atomic mass is 9.97. The zero-order valence-electron chi connectivity index (χ0n) is 23.4. The molecule has 1 saturated heterocycles. The largest absolute Gasteiger partial charge is 0.493 e. The Morgan fingerprint density at radius 1 is 1.15 bits per heavy atom. The zero-order valence-corrected chi connectivity index (χ0v) is 25.0. The summed E-state index contributed by atoms with van der Waals surface area (Å²) in [6, 6.07) is 9.43. The summed E-state index contributed by atoms with van der Waals surface area (Å²) in [5, 5.41) is 1.13. The molecule has 2 aromatic carbocycles. The van der Waals surface area contributed by atoms with Crippen molar-refractivity contribution in [3.63, 3.8) is 0 Å². The minimum absolute atomic E-state index is 0.0384. The minimum atomic E-state index is -3.95. The van der Waals surface area contributed by atoms with Gasteiger partial charge in [-0.3, -0.25) is 9.62 Å². The average Bonchev–Trinajstić information content (AvgIpc) is 3.40. The molecule has 7 nitrogen and oxygen atoms in total. The molecular weight excluding hydrogens is 549 g/mol. The summed E-state index contributed by atoms with van der Waals surface area (Å²) in [5.41, 5.74) is 2.06. The van der Waals surface area contributed by atoms with Crippen LogP contribution in [0.25, 0.3) is 0 Å². The molecule has 3 heterocycles. The zero-order chi connectivity index (χ0) is 28.3. The molecule has 0 radical (unpaired) electrons. The smallest absolute Gasteiger partial charge is 0.261 e. The van der Waals surface area contributed by atoms with Gasteiger partial charge in [0.15, 0.2) is 5.82 Å². The van der Waals surface area contributed by atoms with Gasteiger partial charge < -0.3 is 9.47 Å². The second-order valence-electron chi connectivity index (χ2n) is 11.7. The van der Waals surface area contributed by atoms with Crippen molar-refractivity contribution < 1.29 is 22.3 Å². The molecule has 0 unspecified atom stereocenters. The maximum Gasteiger partial charge on any atom is 0.261 e. The number of halogens is 1. The third-order valence-corrected chi connectivity index (χ3v) is 10.2. The lowest BCUT2D eigenvalue weighted by Crippen LogP contribution is -2.30. The van der Waals surface area contributed by atoms with E-state index >= 15 is 0 Å². The van der Waals surface area contributed by atoms with E-state index in [1.54, 1.807) is 29.5 Å². The van der Waals surface area contributed by atoms with Gasteiger partial charge in [-0.2, -0.15) is 0 Å². The maximum atomic E-state index is 14.8. The highest BCUT2D eigenvalue weighted by atomic mass is 32.2. The quantitative estimate of drug-likeness (QED) is 0.324. The maximum absolute atomic E-state index is 14.8. The predicted octanol–water partition coefficient (Wildman–Crippen LogP) is 6.13. The van der Waals surface area contributed by atoms with Crippen molar-refractivity contribution in [1.29, 1.82) is 0 Å². The molecule has 1 aromatic heterocycles. The molecule has 1 fully saturated rings. The molecule has 1 N–H and O–H groups in total. The summed E-state index contributed by atoms with van der Waals surface area (Å²) < 4.78 is 54.6. The molecule has 2 aliphatic heterocycles. The fraction of sp³-hybridized carbons (Fsp3) is 0.500. The highest BCUT2D eigenvalue weighted by Gasteiger charge is 2.23. The van der Waals surface area contributed by atoms with Crippen LogP contribution in [0.1, 0.15) is 61.0 Å². The van der Waals surface area contributed by atoms with Crippen LogP contribution in [0.3, 0.4) is 0 Å². The van der Waals surface area contributed by atoms with E-state index < -0.39 is 15.8 Å². The number of anilines is 1. The predicted molar refractivity (Wildman–Crippen MR) is 156 cm³/mol. The van der Waals surface area contributed by atoms with E-state index in [1.807, 2.05) is 12.3 Å². The number of aromatic nitrogens is 1. The highest BCUT2D eigenvalue weighted by Crippen LogP contribution is 2.30. The molecule has 10 heteroatoms. The SMILES string of the molecule is CC(C)(C)c1ncc(CN2CCc3cc(S(=O)(=O)Nc4ccc(OCCC5CCOCC5)cc4F)ccc3C2)s1. The first-order chi connectivity index (χ1) is 19.1. The molecule has 3 aromatic rings. The molecule has 0 bridgehead atoms. The molecule has 5 rings (SSSR count). The van der Waals surface area contributed by atoms with Crippen molar-refractivity contribution in [3.05, 3.63) is 69.4 Å². The molecule has 216 valence electrons. The van der Waals surface area contributed by atoms with E-state index in [-0.39, 0.29) is 16.0 Å². The van der Waals surface area contributed by atoms with Crippen LogP contribution < -0.4 is 9.46 Å². The van der Waals surface area contributed by atoms with E-state index in [1.165, 1.54) is 17.0 Å². The molecule has 40 heavy (non-hydrogen) atoms. The molecule has 0 atom stereocenters. The number of fused-ring (bicyclic) bond motifs is 1. The third kappa shape index (κ3) is 7.21. The van der Waals surface area contributed by atoms with E-state index in [0.29, 0.717) is 18.3 Å². The normalized spacial score (nSPS) is 17.0. The summed E-state index contributed by atoms with van der Waals surface area (Å²) in [4.78, 5) is 8.31. The number of hydrogen-bond acceptors (Lipinski definition) is 7. The number of rotatable bonds is 9. The van der Waals surface area contributed by atoms with E-state index in [4.69, 9.17) is 9.47 Å². The number of thiazole rings is 1. The lowest BCUT2D eigenvalue weighted by molar-refractivity contribution is 0.0593.